The zero-order valence-corrected chi connectivity index (χ0v) is 20.1. The maximum atomic E-state index is 15.5. The second kappa shape index (κ2) is 8.44. The molecule has 186 valence electrons. The number of benzene rings is 2. The number of ether oxygens (including phenoxy) is 1. The number of imidazole rings is 1. The van der Waals surface area contributed by atoms with Crippen molar-refractivity contribution in [2.24, 2.45) is 0 Å². The Morgan fingerprint density at radius 3 is 2.86 bits per heavy atom. The highest BCUT2D eigenvalue weighted by Crippen LogP contribution is 2.48. The summed E-state index contributed by atoms with van der Waals surface area (Å²) in [6.07, 6.45) is 4.84. The fraction of sp³-hybridized carbons (Fsp3) is 0.320. The highest BCUT2D eigenvalue weighted by Gasteiger charge is 2.43. The van der Waals surface area contributed by atoms with Crippen LogP contribution in [-0.2, 0) is 5.54 Å². The van der Waals surface area contributed by atoms with E-state index in [1.54, 1.807) is 0 Å². The Kier molecular flexibility index (Phi) is 5.32. The number of nitrogens with two attached hydrogens (primary N) is 1. The Morgan fingerprint density at radius 2 is 2.11 bits per heavy atom. The molecule has 0 atom stereocenters. The van der Waals surface area contributed by atoms with Crippen molar-refractivity contribution in [1.29, 1.82) is 0 Å². The van der Waals surface area contributed by atoms with Crippen LogP contribution in [0.3, 0.4) is 0 Å². The molecule has 0 bridgehead atoms. The molecule has 1 spiro atoms. The molecule has 1 aliphatic heterocycles. The fourth-order valence-corrected chi connectivity index (χ4v) is 6.13. The number of rotatable bonds is 6. The summed E-state index contributed by atoms with van der Waals surface area (Å²) in [5, 5.41) is 13.4. The van der Waals surface area contributed by atoms with Gasteiger partial charge in [-0.05, 0) is 25.0 Å². The number of para-hydroxylation sites is 2. The largest absolute Gasteiger partial charge is 0.487 e. The Labute approximate surface area is 208 Å². The maximum absolute atomic E-state index is 15.5. The van der Waals surface area contributed by atoms with Gasteiger partial charge in [-0.25, -0.2) is 14.2 Å². The van der Waals surface area contributed by atoms with Crippen molar-refractivity contribution in [1.82, 2.24) is 14.5 Å². The molecule has 36 heavy (non-hydrogen) atoms. The van der Waals surface area contributed by atoms with Gasteiger partial charge in [-0.15, -0.1) is 0 Å². The number of hydrogen-bond donors (Lipinski definition) is 4. The summed E-state index contributed by atoms with van der Waals surface area (Å²) in [6.45, 7) is 0.644. The lowest BCUT2D eigenvalue weighted by atomic mass is 9.93. The van der Waals surface area contributed by atoms with Gasteiger partial charge < -0.3 is 30.4 Å². The number of halogens is 1. The number of pyridine rings is 1. The van der Waals surface area contributed by atoms with E-state index in [9.17, 15) is 14.7 Å². The lowest BCUT2D eigenvalue weighted by Gasteiger charge is -2.39. The van der Waals surface area contributed by atoms with Gasteiger partial charge in [0, 0.05) is 18.5 Å². The zero-order valence-electron chi connectivity index (χ0n) is 19.3. The predicted octanol–water partition coefficient (Wildman–Crippen LogP) is 4.16. The first-order chi connectivity index (χ1) is 17.4. The predicted molar refractivity (Wildman–Crippen MR) is 137 cm³/mol. The number of carboxylic acids is 1. The molecule has 4 aromatic rings. The molecule has 0 saturated heterocycles. The van der Waals surface area contributed by atoms with Crippen molar-refractivity contribution in [3.8, 4) is 5.75 Å². The van der Waals surface area contributed by atoms with Crippen molar-refractivity contribution in [2.75, 3.05) is 30.0 Å². The maximum Gasteiger partial charge on any atom is 0.341 e. The summed E-state index contributed by atoms with van der Waals surface area (Å²) >= 11 is 1.49. The van der Waals surface area contributed by atoms with E-state index in [1.807, 2.05) is 28.8 Å². The van der Waals surface area contributed by atoms with Crippen LogP contribution < -0.4 is 21.2 Å². The molecule has 1 fully saturated rings. The van der Waals surface area contributed by atoms with Gasteiger partial charge in [-0.1, -0.05) is 36.7 Å². The van der Waals surface area contributed by atoms with Gasteiger partial charge in [0.25, 0.3) is 0 Å². The molecule has 3 heterocycles. The standard InChI is InChI=1S/C25H24FN5O4S/c26-17-18(27)16-20-22(19(17)28-9-10-36-24-29-14-5-1-2-6-15(14)30-24)35-12-25(7-3-4-8-25)31(20)11-13(21(16)32)23(33)34/h1-2,5-6,11,28H,3-4,7-10,12,27H2,(H,29,30)(H,33,34). The Hall–Kier alpha value is -3.73. The van der Waals surface area contributed by atoms with Crippen molar-refractivity contribution in [3.63, 3.8) is 0 Å². The molecule has 5 N–H and O–H groups in total. The minimum Gasteiger partial charge on any atom is -0.487 e. The average Bonchev–Trinajstić information content (AvgIpc) is 3.50. The number of thioether (sulfide) groups is 1. The molecule has 2 aliphatic rings. The summed E-state index contributed by atoms with van der Waals surface area (Å²) < 4.78 is 23.4. The second-order valence-electron chi connectivity index (χ2n) is 9.26. The van der Waals surface area contributed by atoms with Crippen LogP contribution in [0.2, 0.25) is 0 Å². The molecule has 11 heteroatoms. The smallest absolute Gasteiger partial charge is 0.341 e. The topological polar surface area (TPSA) is 135 Å². The van der Waals surface area contributed by atoms with Crippen LogP contribution in [0.5, 0.6) is 5.75 Å². The van der Waals surface area contributed by atoms with E-state index in [4.69, 9.17) is 10.5 Å². The molecule has 1 aliphatic carbocycles. The molecule has 9 nitrogen and oxygen atoms in total. The molecular formula is C25H24FN5O4S. The normalized spacial score (nSPS) is 16.0. The lowest BCUT2D eigenvalue weighted by molar-refractivity contribution is 0.0692. The number of nitrogen functional groups attached to an aromatic ring is 1. The highest BCUT2D eigenvalue weighted by molar-refractivity contribution is 7.99. The molecule has 0 unspecified atom stereocenters. The van der Waals surface area contributed by atoms with E-state index in [-0.39, 0.29) is 29.1 Å². The number of nitrogens with one attached hydrogen (secondary N) is 2. The third-order valence-electron chi connectivity index (χ3n) is 7.15. The van der Waals surface area contributed by atoms with Crippen LogP contribution in [0.15, 0.2) is 40.4 Å². The van der Waals surface area contributed by atoms with Crippen LogP contribution in [0.25, 0.3) is 21.9 Å². The SMILES string of the molecule is Nc1c(F)c(NCCSc2nc3ccccc3[nH]2)c2c3c1c(=O)c(C(=O)O)cn3C1(CCCC1)CO2. The molecule has 2 aromatic carbocycles. The van der Waals surface area contributed by atoms with Crippen LogP contribution in [0.1, 0.15) is 36.0 Å². The van der Waals surface area contributed by atoms with Gasteiger partial charge in [-0.3, -0.25) is 4.79 Å². The fourth-order valence-electron chi connectivity index (χ4n) is 5.39. The summed E-state index contributed by atoms with van der Waals surface area (Å²) in [6, 6.07) is 7.73. The number of hydrogen-bond acceptors (Lipinski definition) is 7. The van der Waals surface area contributed by atoms with Gasteiger partial charge in [0.2, 0.25) is 5.43 Å². The number of aromatic nitrogens is 3. The number of aromatic carboxylic acids is 1. The summed E-state index contributed by atoms with van der Waals surface area (Å²) in [7, 11) is 0. The number of carboxylic acid groups (broad SMARTS) is 1. The minimum atomic E-state index is -1.36. The highest BCUT2D eigenvalue weighted by atomic mass is 32.2. The molecule has 0 amide bonds. The lowest BCUT2D eigenvalue weighted by Crippen LogP contribution is -2.42. The van der Waals surface area contributed by atoms with Crippen LogP contribution in [0, 0.1) is 5.82 Å². The third kappa shape index (κ3) is 3.41. The van der Waals surface area contributed by atoms with Crippen LogP contribution in [-0.4, -0.2) is 44.5 Å². The van der Waals surface area contributed by atoms with E-state index in [0.29, 0.717) is 17.8 Å². The van der Waals surface area contributed by atoms with Crippen molar-refractivity contribution < 1.29 is 19.0 Å². The summed E-state index contributed by atoms with van der Waals surface area (Å²) in [5.74, 6) is -1.42. The molecule has 2 aromatic heterocycles. The number of nitrogens with zero attached hydrogens (tertiary/aromatic N) is 2. The Bertz CT molecular complexity index is 1560. The number of carbonyl (C=O) groups is 1. The first-order valence-electron chi connectivity index (χ1n) is 11.8. The molecule has 0 radical (unpaired) electrons. The minimum absolute atomic E-state index is 0.0780. The Morgan fingerprint density at radius 1 is 1.33 bits per heavy atom. The zero-order chi connectivity index (χ0) is 25.0. The van der Waals surface area contributed by atoms with Crippen molar-refractivity contribution >= 4 is 51.0 Å². The Balaban J connectivity index is 1.37. The molecule has 1 saturated carbocycles. The molecule has 6 rings (SSSR count). The summed E-state index contributed by atoms with van der Waals surface area (Å²) in [5.41, 5.74) is 6.29. The monoisotopic (exact) mass is 509 g/mol. The number of anilines is 2. The average molecular weight is 510 g/mol. The number of fused-ring (bicyclic) bond motifs is 2. The summed E-state index contributed by atoms with van der Waals surface area (Å²) in [4.78, 5) is 32.7. The second-order valence-corrected chi connectivity index (χ2v) is 10.3. The van der Waals surface area contributed by atoms with Gasteiger partial charge in [0.1, 0.15) is 17.9 Å². The van der Waals surface area contributed by atoms with E-state index < -0.39 is 28.3 Å². The van der Waals surface area contributed by atoms with Crippen LogP contribution >= 0.6 is 11.8 Å². The quantitative estimate of drug-likeness (QED) is 0.173. The van der Waals surface area contributed by atoms with E-state index in [2.05, 4.69) is 15.3 Å². The van der Waals surface area contributed by atoms with Gasteiger partial charge in [-0.2, -0.15) is 0 Å². The number of aromatic amines is 1. The van der Waals surface area contributed by atoms with Crippen molar-refractivity contribution in [3.05, 3.63) is 52.1 Å². The van der Waals surface area contributed by atoms with Gasteiger partial charge in [0.15, 0.2) is 16.7 Å². The van der Waals surface area contributed by atoms with E-state index >= 15 is 4.39 Å². The number of H-pyrrole nitrogens is 1. The van der Waals surface area contributed by atoms with Crippen LogP contribution in [0.4, 0.5) is 15.8 Å². The first kappa shape index (κ1) is 22.7. The third-order valence-corrected chi connectivity index (χ3v) is 8.02. The van der Waals surface area contributed by atoms with E-state index in [0.717, 1.165) is 41.9 Å². The van der Waals surface area contributed by atoms with Gasteiger partial charge in [0.05, 0.1) is 33.2 Å². The van der Waals surface area contributed by atoms with E-state index in [1.165, 1.54) is 18.0 Å². The van der Waals surface area contributed by atoms with Gasteiger partial charge >= 0.3 is 5.97 Å². The van der Waals surface area contributed by atoms with Crippen molar-refractivity contribution in [2.45, 2.75) is 36.4 Å². The molecular weight excluding hydrogens is 485 g/mol. The first-order valence-corrected chi connectivity index (χ1v) is 12.8.